The summed E-state index contributed by atoms with van der Waals surface area (Å²) in [6, 6.07) is 0.138. The van der Waals surface area contributed by atoms with Gasteiger partial charge in [-0.25, -0.2) is 9.59 Å². The van der Waals surface area contributed by atoms with Crippen molar-refractivity contribution in [2.45, 2.75) is 20.3 Å². The molecule has 2 amide bonds. The van der Waals surface area contributed by atoms with Crippen molar-refractivity contribution in [3.8, 4) is 0 Å². The van der Waals surface area contributed by atoms with Crippen LogP contribution in [0.15, 0.2) is 9.59 Å². The summed E-state index contributed by atoms with van der Waals surface area (Å²) in [4.78, 5) is 47.6. The van der Waals surface area contributed by atoms with E-state index >= 15 is 0 Å². The van der Waals surface area contributed by atoms with Gasteiger partial charge in [0.05, 0.1) is 6.67 Å². The van der Waals surface area contributed by atoms with Crippen molar-refractivity contribution in [1.29, 1.82) is 0 Å². The molecule has 0 bridgehead atoms. The number of rotatable bonds is 6. The molecule has 0 saturated carbocycles. The van der Waals surface area contributed by atoms with Crippen LogP contribution in [0.25, 0.3) is 0 Å². The van der Waals surface area contributed by atoms with Gasteiger partial charge in [-0.3, -0.25) is 18.8 Å². The number of piperazine rings is 1. The Hall–Kier alpha value is -2.49. The van der Waals surface area contributed by atoms with E-state index in [1.807, 2.05) is 35.6 Å². The monoisotopic (exact) mass is 421 g/mol. The Morgan fingerprint density at radius 2 is 1.57 bits per heavy atom. The zero-order valence-corrected chi connectivity index (χ0v) is 18.9. The number of carbonyl (C=O) groups excluding carboxylic acids is 1. The number of hydrogen-bond acceptors (Lipinski definition) is 6. The zero-order chi connectivity index (χ0) is 22.0. The van der Waals surface area contributed by atoms with Crippen LogP contribution in [-0.4, -0.2) is 95.9 Å². The van der Waals surface area contributed by atoms with Gasteiger partial charge in [0.1, 0.15) is 11.5 Å². The van der Waals surface area contributed by atoms with Gasteiger partial charge >= 0.3 is 11.7 Å². The average Bonchev–Trinajstić information content (AvgIpc) is 3.08. The number of amides is 2. The molecule has 0 atom stereocenters. The topological polar surface area (TPSA) is 77.3 Å². The first kappa shape index (κ1) is 22.2. The first-order chi connectivity index (χ1) is 14.3. The molecule has 2 aliphatic rings. The molecule has 1 saturated heterocycles. The predicted octanol–water partition coefficient (Wildman–Crippen LogP) is -0.233. The first-order valence-corrected chi connectivity index (χ1v) is 10.8. The molecular weight excluding hydrogens is 386 g/mol. The second-order valence-corrected chi connectivity index (χ2v) is 8.12. The van der Waals surface area contributed by atoms with Crippen LogP contribution in [0.4, 0.5) is 16.3 Å². The smallest absolute Gasteiger partial charge is 0.332 e. The second kappa shape index (κ2) is 9.11. The number of hydrogen-bond donors (Lipinski definition) is 0. The highest BCUT2D eigenvalue weighted by Gasteiger charge is 2.30. The molecule has 0 unspecified atom stereocenters. The molecule has 0 spiro atoms. The first-order valence-electron chi connectivity index (χ1n) is 10.8. The number of fused-ring (bicyclic) bond motifs is 1. The minimum atomic E-state index is -0.298. The van der Waals surface area contributed by atoms with Crippen molar-refractivity contribution < 1.29 is 4.79 Å². The molecule has 10 nitrogen and oxygen atoms in total. The fourth-order valence-electron chi connectivity index (χ4n) is 4.42. The van der Waals surface area contributed by atoms with Gasteiger partial charge in [0.15, 0.2) is 0 Å². The molecule has 30 heavy (non-hydrogen) atoms. The molecule has 0 N–H and O–H groups in total. The summed E-state index contributed by atoms with van der Waals surface area (Å²) >= 11 is 0. The normalized spacial score (nSPS) is 16.9. The number of anilines is 2. The molecule has 3 heterocycles. The number of aromatic nitrogens is 2. The van der Waals surface area contributed by atoms with E-state index in [1.54, 1.807) is 11.6 Å². The Balaban J connectivity index is 1.54. The van der Waals surface area contributed by atoms with Crippen LogP contribution >= 0.6 is 0 Å². The minimum Gasteiger partial charge on any atom is -0.349 e. The molecule has 168 valence electrons. The Kier molecular flexibility index (Phi) is 6.74. The molecule has 3 rings (SSSR count). The third kappa shape index (κ3) is 4.05. The molecule has 10 heteroatoms. The van der Waals surface area contributed by atoms with Crippen LogP contribution < -0.4 is 21.0 Å². The van der Waals surface area contributed by atoms with Gasteiger partial charge in [0.25, 0.3) is 5.56 Å². The van der Waals surface area contributed by atoms with Gasteiger partial charge in [0.2, 0.25) is 0 Å². The highest BCUT2D eigenvalue weighted by Crippen LogP contribution is 2.29. The highest BCUT2D eigenvalue weighted by molar-refractivity contribution is 5.74. The van der Waals surface area contributed by atoms with E-state index in [-0.39, 0.29) is 17.3 Å². The predicted molar refractivity (Wildman–Crippen MR) is 118 cm³/mol. The second-order valence-electron chi connectivity index (χ2n) is 8.12. The SMILES string of the molecule is CCN(CC)C(=O)N1CCN(CCCN2CN(C)c3c2n(C)c(=O)n(C)c3=O)CC1. The van der Waals surface area contributed by atoms with Crippen LogP contribution in [0.5, 0.6) is 0 Å². The fraction of sp³-hybridized carbons (Fsp3) is 0.750. The van der Waals surface area contributed by atoms with Gasteiger partial charge < -0.3 is 19.6 Å². The molecule has 1 aromatic heterocycles. The van der Waals surface area contributed by atoms with Gasteiger partial charge in [-0.05, 0) is 26.8 Å². The van der Waals surface area contributed by atoms with Crippen molar-refractivity contribution in [2.75, 3.05) is 75.9 Å². The molecular formula is C20H35N7O3. The van der Waals surface area contributed by atoms with Crippen LogP contribution in [0.3, 0.4) is 0 Å². The van der Waals surface area contributed by atoms with E-state index < -0.39 is 0 Å². The maximum Gasteiger partial charge on any atom is 0.332 e. The lowest BCUT2D eigenvalue weighted by Gasteiger charge is -2.37. The number of carbonyl (C=O) groups is 1. The summed E-state index contributed by atoms with van der Waals surface area (Å²) in [6.07, 6.45) is 0.931. The lowest BCUT2D eigenvalue weighted by Crippen LogP contribution is -2.53. The van der Waals surface area contributed by atoms with Crippen LogP contribution in [0.1, 0.15) is 20.3 Å². The summed E-state index contributed by atoms with van der Waals surface area (Å²) in [5.41, 5.74) is 0.0447. The molecule has 1 aromatic rings. The summed E-state index contributed by atoms with van der Waals surface area (Å²) in [5, 5.41) is 0. The number of nitrogens with zero attached hydrogens (tertiary/aromatic N) is 7. The minimum absolute atomic E-state index is 0.138. The maximum absolute atomic E-state index is 12.5. The molecule has 0 aliphatic carbocycles. The Morgan fingerprint density at radius 1 is 0.933 bits per heavy atom. The van der Waals surface area contributed by atoms with E-state index in [4.69, 9.17) is 0 Å². The van der Waals surface area contributed by atoms with Gasteiger partial charge in [-0.2, -0.15) is 0 Å². The van der Waals surface area contributed by atoms with Gasteiger partial charge in [0, 0.05) is 67.0 Å². The zero-order valence-electron chi connectivity index (χ0n) is 18.9. The van der Waals surface area contributed by atoms with Gasteiger partial charge in [-0.15, -0.1) is 0 Å². The highest BCUT2D eigenvalue weighted by atomic mass is 16.2. The van der Waals surface area contributed by atoms with E-state index in [1.165, 1.54) is 7.05 Å². The summed E-state index contributed by atoms with van der Waals surface area (Å²) in [6.45, 7) is 11.1. The van der Waals surface area contributed by atoms with Crippen molar-refractivity contribution in [1.82, 2.24) is 23.8 Å². The maximum atomic E-state index is 12.5. The van der Waals surface area contributed by atoms with Crippen molar-refractivity contribution >= 4 is 17.5 Å². The lowest BCUT2D eigenvalue weighted by molar-refractivity contribution is 0.115. The van der Waals surface area contributed by atoms with Crippen LogP contribution in [0, 0.1) is 0 Å². The quantitative estimate of drug-likeness (QED) is 0.631. The summed E-state index contributed by atoms with van der Waals surface area (Å²) < 4.78 is 2.73. The lowest BCUT2D eigenvalue weighted by atomic mass is 10.3. The van der Waals surface area contributed by atoms with Crippen LogP contribution in [-0.2, 0) is 14.1 Å². The Bertz CT molecular complexity index is 882. The van der Waals surface area contributed by atoms with Crippen molar-refractivity contribution in [3.63, 3.8) is 0 Å². The van der Waals surface area contributed by atoms with E-state index in [0.29, 0.717) is 18.2 Å². The largest absolute Gasteiger partial charge is 0.349 e. The standard InChI is InChI=1S/C20H35N7O3/c1-6-25(7-2)20(30)26-13-11-24(12-14-26)9-8-10-27-15-21(3)16-17(27)22(4)19(29)23(5)18(16)28/h6-15H2,1-5H3. The van der Waals surface area contributed by atoms with Crippen LogP contribution in [0.2, 0.25) is 0 Å². The van der Waals surface area contributed by atoms with E-state index in [2.05, 4.69) is 9.80 Å². The third-order valence-electron chi connectivity index (χ3n) is 6.25. The third-order valence-corrected chi connectivity index (χ3v) is 6.25. The molecule has 0 radical (unpaired) electrons. The van der Waals surface area contributed by atoms with E-state index in [9.17, 15) is 14.4 Å². The summed E-state index contributed by atoms with van der Waals surface area (Å²) in [7, 11) is 5.13. The average molecular weight is 422 g/mol. The van der Waals surface area contributed by atoms with Crippen molar-refractivity contribution in [3.05, 3.63) is 20.8 Å². The Morgan fingerprint density at radius 3 is 2.17 bits per heavy atom. The molecule has 0 aromatic carbocycles. The fourth-order valence-corrected chi connectivity index (χ4v) is 4.42. The molecule has 1 fully saturated rings. The van der Waals surface area contributed by atoms with E-state index in [0.717, 1.165) is 63.3 Å². The molecule has 2 aliphatic heterocycles. The number of urea groups is 1. The van der Waals surface area contributed by atoms with Crippen molar-refractivity contribution in [2.24, 2.45) is 14.1 Å². The van der Waals surface area contributed by atoms with Gasteiger partial charge in [-0.1, -0.05) is 0 Å². The Labute approximate surface area is 177 Å². The summed E-state index contributed by atoms with van der Waals surface area (Å²) in [5.74, 6) is 0.709.